The molecule has 3 aromatic carbocycles. The van der Waals surface area contributed by atoms with Crippen molar-refractivity contribution in [3.63, 3.8) is 0 Å². The summed E-state index contributed by atoms with van der Waals surface area (Å²) >= 11 is 1.48. The fourth-order valence-electron chi connectivity index (χ4n) is 3.14. The number of nitro benzene ring substituents is 1. The first-order valence-corrected chi connectivity index (χ1v) is 12.9. The van der Waals surface area contributed by atoms with Gasteiger partial charge in [0.2, 0.25) is 5.91 Å². The first-order valence-electron chi connectivity index (χ1n) is 10.2. The number of carbonyl (C=O) groups is 1. The van der Waals surface area contributed by atoms with E-state index in [1.165, 1.54) is 48.2 Å². The van der Waals surface area contributed by atoms with E-state index in [9.17, 15) is 23.3 Å². The third-order valence-electron chi connectivity index (χ3n) is 4.71. The molecule has 178 valence electrons. The summed E-state index contributed by atoms with van der Waals surface area (Å²) in [7, 11) is -4.15. The van der Waals surface area contributed by atoms with Crippen LogP contribution in [0.3, 0.4) is 0 Å². The summed E-state index contributed by atoms with van der Waals surface area (Å²) < 4.78 is 33.8. The van der Waals surface area contributed by atoms with Gasteiger partial charge in [-0.05, 0) is 55.6 Å². The molecule has 0 aliphatic heterocycles. The fourth-order valence-corrected chi connectivity index (χ4v) is 4.98. The maximum absolute atomic E-state index is 13.6. The Kier molecular flexibility index (Phi) is 8.13. The smallest absolute Gasteiger partial charge is 0.271 e. The number of carbonyl (C=O) groups excluding carboxylic acids is 1. The topological polar surface area (TPSA) is 119 Å². The molecule has 0 spiro atoms. The maximum atomic E-state index is 13.6. The number of anilines is 2. The molecule has 0 unspecified atom stereocenters. The summed E-state index contributed by atoms with van der Waals surface area (Å²) in [5.41, 5.74) is 0.185. The Morgan fingerprint density at radius 3 is 2.44 bits per heavy atom. The summed E-state index contributed by atoms with van der Waals surface area (Å²) in [5.74, 6) is -0.367. The lowest BCUT2D eigenvalue weighted by Crippen LogP contribution is -2.38. The van der Waals surface area contributed by atoms with Crippen molar-refractivity contribution in [2.24, 2.45) is 0 Å². The molecule has 3 aromatic rings. The minimum atomic E-state index is -4.15. The number of non-ortho nitro benzene ring substituents is 1. The van der Waals surface area contributed by atoms with Gasteiger partial charge in [-0.25, -0.2) is 8.42 Å². The van der Waals surface area contributed by atoms with E-state index >= 15 is 0 Å². The molecule has 0 fully saturated rings. The number of ether oxygens (including phenoxy) is 1. The van der Waals surface area contributed by atoms with Crippen LogP contribution in [0.1, 0.15) is 6.92 Å². The zero-order valence-corrected chi connectivity index (χ0v) is 20.1. The third-order valence-corrected chi connectivity index (χ3v) is 7.23. The Hall–Kier alpha value is -3.57. The Morgan fingerprint density at radius 2 is 1.79 bits per heavy atom. The SMILES string of the molecule is CCOc1ccccc1N(CC(=O)Nc1cccc([N+](=O)[O-])c1)S(=O)(=O)c1ccc(SC)cc1. The first-order chi connectivity index (χ1) is 16.3. The number of amides is 1. The highest BCUT2D eigenvalue weighted by molar-refractivity contribution is 7.98. The summed E-state index contributed by atoms with van der Waals surface area (Å²) in [6, 6.07) is 18.3. The van der Waals surface area contributed by atoms with Gasteiger partial charge in [0.25, 0.3) is 15.7 Å². The molecule has 0 radical (unpaired) electrons. The molecule has 1 amide bonds. The number of hydrogen-bond donors (Lipinski definition) is 1. The Balaban J connectivity index is 1.99. The van der Waals surface area contributed by atoms with Crippen LogP contribution in [0.4, 0.5) is 17.1 Å². The molecule has 11 heteroatoms. The lowest BCUT2D eigenvalue weighted by molar-refractivity contribution is -0.384. The monoisotopic (exact) mass is 501 g/mol. The molecule has 0 heterocycles. The van der Waals surface area contributed by atoms with Crippen LogP contribution in [0, 0.1) is 10.1 Å². The van der Waals surface area contributed by atoms with Crippen LogP contribution < -0.4 is 14.4 Å². The number of nitro groups is 1. The molecule has 1 N–H and O–H groups in total. The minimum absolute atomic E-state index is 0.0137. The van der Waals surface area contributed by atoms with E-state index in [0.29, 0.717) is 12.4 Å². The van der Waals surface area contributed by atoms with Crippen LogP contribution in [-0.2, 0) is 14.8 Å². The Morgan fingerprint density at radius 1 is 1.09 bits per heavy atom. The lowest BCUT2D eigenvalue weighted by Gasteiger charge is -2.26. The van der Waals surface area contributed by atoms with Gasteiger partial charge in [-0.2, -0.15) is 0 Å². The summed E-state index contributed by atoms with van der Waals surface area (Å²) in [6.07, 6.45) is 1.88. The van der Waals surface area contributed by atoms with Crippen molar-refractivity contribution in [1.29, 1.82) is 0 Å². The van der Waals surface area contributed by atoms with Gasteiger partial charge in [-0.15, -0.1) is 11.8 Å². The second-order valence-corrected chi connectivity index (χ2v) is 9.69. The molecule has 0 aliphatic carbocycles. The summed E-state index contributed by atoms with van der Waals surface area (Å²) in [4.78, 5) is 24.2. The first kappa shape index (κ1) is 25.1. The van der Waals surface area contributed by atoms with Crippen molar-refractivity contribution in [1.82, 2.24) is 0 Å². The van der Waals surface area contributed by atoms with Crippen molar-refractivity contribution in [2.45, 2.75) is 16.7 Å². The number of para-hydroxylation sites is 2. The van der Waals surface area contributed by atoms with E-state index in [-0.39, 0.29) is 22.0 Å². The number of thioether (sulfide) groups is 1. The summed E-state index contributed by atoms with van der Waals surface area (Å²) in [5, 5.41) is 13.6. The van der Waals surface area contributed by atoms with E-state index < -0.39 is 27.4 Å². The van der Waals surface area contributed by atoms with Crippen LogP contribution in [-0.4, -0.2) is 38.7 Å². The van der Waals surface area contributed by atoms with E-state index in [2.05, 4.69) is 5.32 Å². The highest BCUT2D eigenvalue weighted by atomic mass is 32.2. The number of nitrogens with one attached hydrogen (secondary N) is 1. The van der Waals surface area contributed by atoms with Gasteiger partial charge in [-0.3, -0.25) is 19.2 Å². The molecule has 0 aliphatic rings. The molecule has 3 rings (SSSR count). The van der Waals surface area contributed by atoms with E-state index in [1.807, 2.05) is 6.26 Å². The third kappa shape index (κ3) is 5.86. The number of rotatable bonds is 10. The van der Waals surface area contributed by atoms with Gasteiger partial charge in [0.1, 0.15) is 12.3 Å². The maximum Gasteiger partial charge on any atom is 0.271 e. The van der Waals surface area contributed by atoms with Crippen LogP contribution in [0.15, 0.2) is 82.6 Å². The molecular formula is C23H23N3O6S2. The normalized spacial score (nSPS) is 11.0. The fraction of sp³-hybridized carbons (Fsp3) is 0.174. The van der Waals surface area contributed by atoms with Crippen molar-refractivity contribution >= 4 is 44.8 Å². The second-order valence-electron chi connectivity index (χ2n) is 6.94. The molecule has 34 heavy (non-hydrogen) atoms. The molecule has 9 nitrogen and oxygen atoms in total. The van der Waals surface area contributed by atoms with Crippen molar-refractivity contribution in [2.75, 3.05) is 29.0 Å². The number of nitrogens with zero attached hydrogens (tertiary/aromatic N) is 2. The zero-order valence-electron chi connectivity index (χ0n) is 18.5. The highest BCUT2D eigenvalue weighted by Gasteiger charge is 2.29. The second kappa shape index (κ2) is 11.0. The summed E-state index contributed by atoms with van der Waals surface area (Å²) in [6.45, 7) is 1.50. The van der Waals surface area contributed by atoms with Gasteiger partial charge < -0.3 is 10.1 Å². The molecule has 0 bridgehead atoms. The van der Waals surface area contributed by atoms with E-state index in [4.69, 9.17) is 4.74 Å². The van der Waals surface area contributed by atoms with Crippen LogP contribution in [0.5, 0.6) is 5.75 Å². The van der Waals surface area contributed by atoms with Gasteiger partial charge in [0, 0.05) is 22.7 Å². The van der Waals surface area contributed by atoms with E-state index in [0.717, 1.165) is 9.20 Å². The largest absolute Gasteiger partial charge is 0.492 e. The van der Waals surface area contributed by atoms with Gasteiger partial charge in [0.15, 0.2) is 0 Å². The van der Waals surface area contributed by atoms with Crippen LogP contribution >= 0.6 is 11.8 Å². The van der Waals surface area contributed by atoms with Gasteiger partial charge in [-0.1, -0.05) is 18.2 Å². The Labute approximate surface area is 201 Å². The molecule has 0 atom stereocenters. The predicted molar refractivity (Wildman–Crippen MR) is 132 cm³/mol. The number of hydrogen-bond acceptors (Lipinski definition) is 7. The number of sulfonamides is 1. The highest BCUT2D eigenvalue weighted by Crippen LogP contribution is 2.33. The molecule has 0 aromatic heterocycles. The zero-order chi connectivity index (χ0) is 24.7. The average molecular weight is 502 g/mol. The van der Waals surface area contributed by atoms with Crippen molar-refractivity contribution in [3.05, 3.63) is 82.9 Å². The molecular weight excluding hydrogens is 478 g/mol. The van der Waals surface area contributed by atoms with E-state index in [1.54, 1.807) is 43.3 Å². The van der Waals surface area contributed by atoms with Gasteiger partial charge >= 0.3 is 0 Å². The van der Waals surface area contributed by atoms with Crippen molar-refractivity contribution in [3.8, 4) is 5.75 Å². The standard InChI is InChI=1S/C23H23N3O6S2/c1-3-32-22-10-5-4-9-21(22)25(34(30,31)20-13-11-19(33-2)12-14-20)16-23(27)24-17-7-6-8-18(15-17)26(28)29/h4-15H,3,16H2,1-2H3,(H,24,27). The van der Waals surface area contributed by atoms with Crippen LogP contribution in [0.25, 0.3) is 0 Å². The Bertz CT molecular complexity index is 1280. The lowest BCUT2D eigenvalue weighted by atomic mass is 10.2. The van der Waals surface area contributed by atoms with Crippen LogP contribution in [0.2, 0.25) is 0 Å². The van der Waals surface area contributed by atoms with Crippen molar-refractivity contribution < 1.29 is 22.9 Å². The average Bonchev–Trinajstić information content (AvgIpc) is 2.83. The number of benzene rings is 3. The minimum Gasteiger partial charge on any atom is -0.492 e. The molecule has 0 saturated carbocycles. The quantitative estimate of drug-likeness (QED) is 0.246. The van der Waals surface area contributed by atoms with Gasteiger partial charge in [0.05, 0.1) is 22.1 Å². The predicted octanol–water partition coefficient (Wildman–Crippen LogP) is 4.55. The molecule has 0 saturated heterocycles.